The molecule has 8 heteroatoms. The lowest BCUT2D eigenvalue weighted by molar-refractivity contribution is -0.127. The number of methoxy groups -OCH3 is 1. The third-order valence-electron chi connectivity index (χ3n) is 5.40. The Labute approximate surface area is 149 Å². The Hall–Kier alpha value is -2.22. The Balaban J connectivity index is 1.71. The number of carbonyl (C=O) groups excluding carboxylic acids is 2. The summed E-state index contributed by atoms with van der Waals surface area (Å²) >= 11 is 1.34. The maximum atomic E-state index is 12.0. The van der Waals surface area contributed by atoms with Crippen molar-refractivity contribution in [1.82, 2.24) is 14.9 Å². The third kappa shape index (κ3) is 2.47. The van der Waals surface area contributed by atoms with Crippen molar-refractivity contribution >= 4 is 39.2 Å². The Morgan fingerprint density at radius 3 is 2.96 bits per heavy atom. The number of nitrogens with zero attached hydrogens (tertiary/aromatic N) is 4. The van der Waals surface area contributed by atoms with Crippen LogP contribution in [0.1, 0.15) is 28.1 Å². The van der Waals surface area contributed by atoms with E-state index in [2.05, 4.69) is 14.9 Å². The quantitative estimate of drug-likeness (QED) is 0.761. The highest BCUT2D eigenvalue weighted by atomic mass is 32.1. The van der Waals surface area contributed by atoms with Crippen LogP contribution in [0.5, 0.6) is 0 Å². The molecule has 2 aromatic heterocycles. The molecule has 132 valence electrons. The lowest BCUT2D eigenvalue weighted by atomic mass is 9.92. The summed E-state index contributed by atoms with van der Waals surface area (Å²) in [6.07, 6.45) is 3.08. The van der Waals surface area contributed by atoms with Crippen molar-refractivity contribution in [2.75, 3.05) is 32.1 Å². The summed E-state index contributed by atoms with van der Waals surface area (Å²) in [4.78, 5) is 38.3. The van der Waals surface area contributed by atoms with Gasteiger partial charge in [-0.1, -0.05) is 0 Å². The lowest BCUT2D eigenvalue weighted by Gasteiger charge is -2.37. The van der Waals surface area contributed by atoms with E-state index in [0.29, 0.717) is 23.3 Å². The van der Waals surface area contributed by atoms with Gasteiger partial charge >= 0.3 is 5.97 Å². The summed E-state index contributed by atoms with van der Waals surface area (Å²) in [5.74, 6) is 1.07. The molecule has 2 aliphatic rings. The summed E-state index contributed by atoms with van der Waals surface area (Å²) in [7, 11) is 3.29. The van der Waals surface area contributed by atoms with E-state index in [-0.39, 0.29) is 11.9 Å². The first-order chi connectivity index (χ1) is 12.0. The van der Waals surface area contributed by atoms with Crippen LogP contribution in [-0.2, 0) is 9.53 Å². The zero-order valence-corrected chi connectivity index (χ0v) is 15.3. The average molecular weight is 360 g/mol. The molecule has 2 atom stereocenters. The van der Waals surface area contributed by atoms with Crippen LogP contribution in [0.4, 0.5) is 5.82 Å². The van der Waals surface area contributed by atoms with Crippen molar-refractivity contribution in [3.05, 3.63) is 16.8 Å². The molecule has 2 aliphatic heterocycles. The molecule has 2 saturated heterocycles. The van der Waals surface area contributed by atoms with Gasteiger partial charge in [0.15, 0.2) is 0 Å². The van der Waals surface area contributed by atoms with Gasteiger partial charge in [-0.15, -0.1) is 11.3 Å². The molecule has 1 amide bonds. The number of aryl methyl sites for hydroxylation is 1. The number of thiophene rings is 1. The fraction of sp³-hybridized carbons (Fsp3) is 0.529. The molecule has 4 rings (SSSR count). The van der Waals surface area contributed by atoms with Gasteiger partial charge in [0.05, 0.1) is 12.5 Å². The van der Waals surface area contributed by atoms with Crippen molar-refractivity contribution in [2.24, 2.45) is 5.92 Å². The molecule has 0 bridgehead atoms. The van der Waals surface area contributed by atoms with Crippen LogP contribution < -0.4 is 4.90 Å². The number of aromatic nitrogens is 2. The highest BCUT2D eigenvalue weighted by molar-refractivity contribution is 7.20. The van der Waals surface area contributed by atoms with Crippen molar-refractivity contribution in [1.29, 1.82) is 0 Å². The van der Waals surface area contributed by atoms with Gasteiger partial charge in [-0.2, -0.15) is 0 Å². The van der Waals surface area contributed by atoms with Gasteiger partial charge in [0.2, 0.25) is 5.91 Å². The number of likely N-dealkylation sites (tertiary alicyclic amines) is 1. The maximum absolute atomic E-state index is 12.0. The predicted octanol–water partition coefficient (Wildman–Crippen LogP) is 1.84. The molecule has 7 nitrogen and oxygen atoms in total. The lowest BCUT2D eigenvalue weighted by Crippen LogP contribution is -2.45. The highest BCUT2D eigenvalue weighted by Gasteiger charge is 2.41. The van der Waals surface area contributed by atoms with E-state index in [0.717, 1.165) is 41.1 Å². The van der Waals surface area contributed by atoms with Crippen LogP contribution in [0, 0.1) is 12.8 Å². The van der Waals surface area contributed by atoms with Crippen LogP contribution in [0.15, 0.2) is 6.33 Å². The Morgan fingerprint density at radius 1 is 1.40 bits per heavy atom. The Kier molecular flexibility index (Phi) is 3.87. The monoisotopic (exact) mass is 360 g/mol. The number of rotatable bonds is 2. The first-order valence-electron chi connectivity index (χ1n) is 8.34. The van der Waals surface area contributed by atoms with E-state index in [4.69, 9.17) is 4.74 Å². The van der Waals surface area contributed by atoms with Gasteiger partial charge in [0.1, 0.15) is 21.9 Å². The number of carbonyl (C=O) groups is 2. The number of amides is 1. The molecule has 25 heavy (non-hydrogen) atoms. The van der Waals surface area contributed by atoms with E-state index in [1.54, 1.807) is 6.33 Å². The van der Waals surface area contributed by atoms with E-state index >= 15 is 0 Å². The summed E-state index contributed by atoms with van der Waals surface area (Å²) in [6.45, 7) is 3.56. The molecule has 0 saturated carbocycles. The SMILES string of the molecule is COC(=O)c1sc2ncnc(N3CC[C@H]4[C@H](CC(=O)N4C)C3)c2c1C. The number of hydrogen-bond acceptors (Lipinski definition) is 7. The molecule has 0 spiro atoms. The Bertz CT molecular complexity index is 865. The molecule has 0 aliphatic carbocycles. The smallest absolute Gasteiger partial charge is 0.348 e. The fourth-order valence-corrected chi connectivity index (χ4v) is 5.12. The number of fused-ring (bicyclic) bond motifs is 2. The van der Waals surface area contributed by atoms with E-state index in [9.17, 15) is 9.59 Å². The second-order valence-electron chi connectivity index (χ2n) is 6.70. The first kappa shape index (κ1) is 16.3. The highest BCUT2D eigenvalue weighted by Crippen LogP contribution is 2.38. The zero-order valence-electron chi connectivity index (χ0n) is 14.5. The predicted molar refractivity (Wildman–Crippen MR) is 95.0 cm³/mol. The minimum atomic E-state index is -0.340. The van der Waals surface area contributed by atoms with Crippen LogP contribution >= 0.6 is 11.3 Å². The topological polar surface area (TPSA) is 75.6 Å². The van der Waals surface area contributed by atoms with Crippen LogP contribution in [0.25, 0.3) is 10.2 Å². The number of piperidine rings is 1. The van der Waals surface area contributed by atoms with Gasteiger partial charge in [0.25, 0.3) is 0 Å². The fourth-order valence-electron chi connectivity index (χ4n) is 4.06. The maximum Gasteiger partial charge on any atom is 0.348 e. The minimum absolute atomic E-state index is 0.226. The molecule has 0 radical (unpaired) electrons. The molecule has 0 aromatic carbocycles. The molecular weight excluding hydrogens is 340 g/mol. The van der Waals surface area contributed by atoms with Crippen LogP contribution in [0.2, 0.25) is 0 Å². The molecule has 0 N–H and O–H groups in total. The largest absolute Gasteiger partial charge is 0.465 e. The van der Waals surface area contributed by atoms with Gasteiger partial charge in [-0.05, 0) is 18.9 Å². The van der Waals surface area contributed by atoms with Crippen LogP contribution in [-0.4, -0.2) is 60.0 Å². The van der Waals surface area contributed by atoms with Gasteiger partial charge < -0.3 is 14.5 Å². The third-order valence-corrected chi connectivity index (χ3v) is 6.58. The minimum Gasteiger partial charge on any atom is -0.465 e. The van der Waals surface area contributed by atoms with Crippen molar-refractivity contribution < 1.29 is 14.3 Å². The molecule has 2 aromatic rings. The van der Waals surface area contributed by atoms with E-state index in [1.165, 1.54) is 18.4 Å². The molecule has 4 heterocycles. The molecule has 0 unspecified atom stereocenters. The number of anilines is 1. The van der Waals surface area contributed by atoms with Gasteiger partial charge in [-0.3, -0.25) is 4.79 Å². The molecule has 2 fully saturated rings. The Morgan fingerprint density at radius 2 is 2.20 bits per heavy atom. The van der Waals surface area contributed by atoms with Crippen molar-refractivity contribution in [3.63, 3.8) is 0 Å². The zero-order chi connectivity index (χ0) is 17.7. The summed E-state index contributed by atoms with van der Waals surface area (Å²) < 4.78 is 4.88. The normalized spacial score (nSPS) is 23.2. The van der Waals surface area contributed by atoms with E-state index in [1.807, 2.05) is 18.9 Å². The van der Waals surface area contributed by atoms with Crippen LogP contribution in [0.3, 0.4) is 0 Å². The first-order valence-corrected chi connectivity index (χ1v) is 9.16. The standard InChI is InChI=1S/C17H20N4O3S/c1-9-13-15(18-8-19-16(13)25-14(9)17(23)24-3)21-5-4-11-10(7-21)6-12(22)20(11)2/h8,10-11H,4-7H2,1-3H3/t10-,11+/m1/s1. The number of esters is 1. The molecular formula is C17H20N4O3S. The van der Waals surface area contributed by atoms with E-state index < -0.39 is 0 Å². The second-order valence-corrected chi connectivity index (χ2v) is 7.70. The van der Waals surface area contributed by atoms with Gasteiger partial charge in [-0.25, -0.2) is 14.8 Å². The average Bonchev–Trinajstić information content (AvgIpc) is 3.11. The van der Waals surface area contributed by atoms with Gasteiger partial charge in [0, 0.05) is 38.5 Å². The van der Waals surface area contributed by atoms with Crippen molar-refractivity contribution in [3.8, 4) is 0 Å². The number of hydrogen-bond donors (Lipinski definition) is 0. The number of ether oxygens (including phenoxy) is 1. The summed E-state index contributed by atoms with van der Waals surface area (Å²) in [5, 5.41) is 0.920. The van der Waals surface area contributed by atoms with Crippen molar-refractivity contribution in [2.45, 2.75) is 25.8 Å². The summed E-state index contributed by atoms with van der Waals surface area (Å²) in [6, 6.07) is 0.329. The summed E-state index contributed by atoms with van der Waals surface area (Å²) in [5.41, 5.74) is 0.865. The second kappa shape index (κ2) is 5.94.